The molecule has 366 valence electrons. The molecule has 16 heteroatoms. The third kappa shape index (κ3) is 14.6. The van der Waals surface area contributed by atoms with E-state index in [0.717, 1.165) is 56.4 Å². The van der Waals surface area contributed by atoms with Gasteiger partial charge in [0.25, 0.3) is 17.7 Å². The number of nitrogens with one attached hydrogen (secondary N) is 2. The minimum absolute atomic E-state index is 0.0346. The lowest BCUT2D eigenvalue weighted by molar-refractivity contribution is -0.128. The number of nitrogens with zero attached hydrogens (tertiary/aromatic N) is 5. The highest BCUT2D eigenvalue weighted by molar-refractivity contribution is 6.08. The van der Waals surface area contributed by atoms with E-state index >= 15 is 0 Å². The number of carbonyl (C=O) groups is 4. The number of hydrazine groups is 1. The molecule has 1 atom stereocenters. The van der Waals surface area contributed by atoms with Crippen molar-refractivity contribution in [3.63, 3.8) is 0 Å². The van der Waals surface area contributed by atoms with Crippen LogP contribution in [0.3, 0.4) is 0 Å². The molecule has 0 spiro atoms. The molecule has 0 unspecified atom stereocenters. The van der Waals surface area contributed by atoms with Gasteiger partial charge in [0.15, 0.2) is 0 Å². The molecular formula is C52H70N8O8. The quantitative estimate of drug-likeness (QED) is 0.0314. The van der Waals surface area contributed by atoms with Gasteiger partial charge in [-0.3, -0.25) is 29.2 Å². The van der Waals surface area contributed by atoms with E-state index in [-0.39, 0.29) is 29.7 Å². The Hall–Kier alpha value is -5.75. The Morgan fingerprint density at radius 3 is 2.22 bits per heavy atom. The molecule has 1 aliphatic carbocycles. The fraction of sp³-hybridized carbons (Fsp3) is 0.481. The number of benzene rings is 3. The second kappa shape index (κ2) is 26.7. The number of anilines is 2. The molecule has 0 bridgehead atoms. The summed E-state index contributed by atoms with van der Waals surface area (Å²) in [6, 6.07) is 23.8. The average Bonchev–Trinajstić information content (AvgIpc) is 3.38. The van der Waals surface area contributed by atoms with Gasteiger partial charge in [-0.15, -0.1) is 0 Å². The Morgan fingerprint density at radius 1 is 0.750 bits per heavy atom. The summed E-state index contributed by atoms with van der Waals surface area (Å²) in [5.41, 5.74) is 5.99. The molecule has 3 aromatic carbocycles. The number of hydrogen-bond acceptors (Lipinski definition) is 12. The molecule has 4 amide bonds. The van der Waals surface area contributed by atoms with Crippen LogP contribution in [0.1, 0.15) is 87.8 Å². The van der Waals surface area contributed by atoms with Gasteiger partial charge < -0.3 is 44.3 Å². The van der Waals surface area contributed by atoms with Crippen molar-refractivity contribution in [3.05, 3.63) is 113 Å². The Morgan fingerprint density at radius 2 is 1.46 bits per heavy atom. The van der Waals surface area contributed by atoms with Crippen LogP contribution in [-0.4, -0.2) is 150 Å². The molecule has 1 aliphatic heterocycles. The number of hydrogen-bond donors (Lipinski definition) is 3. The highest BCUT2D eigenvalue weighted by Gasteiger charge is 2.29. The average molecular weight is 935 g/mol. The first-order valence-electron chi connectivity index (χ1n) is 24.0. The number of fused-ring (bicyclic) bond motifs is 1. The van der Waals surface area contributed by atoms with Crippen molar-refractivity contribution in [1.29, 1.82) is 0 Å². The lowest BCUT2D eigenvalue weighted by Crippen LogP contribution is -2.42. The number of pyridine rings is 1. The van der Waals surface area contributed by atoms with Crippen molar-refractivity contribution in [1.82, 2.24) is 25.1 Å². The molecule has 16 nitrogen and oxygen atoms in total. The third-order valence-corrected chi connectivity index (χ3v) is 12.6. The highest BCUT2D eigenvalue weighted by atomic mass is 16.5. The fourth-order valence-electron chi connectivity index (χ4n) is 8.51. The van der Waals surface area contributed by atoms with E-state index < -0.39 is 5.91 Å². The molecule has 1 fully saturated rings. The molecule has 4 aromatic rings. The van der Waals surface area contributed by atoms with Crippen molar-refractivity contribution in [3.8, 4) is 11.3 Å². The predicted octanol–water partition coefficient (Wildman–Crippen LogP) is 5.84. The first-order chi connectivity index (χ1) is 33.1. The Balaban J connectivity index is 0.965. The van der Waals surface area contributed by atoms with Crippen LogP contribution in [0.5, 0.6) is 0 Å². The normalized spacial score (nSPS) is 14.8. The van der Waals surface area contributed by atoms with E-state index in [4.69, 9.17) is 24.8 Å². The number of aryl methyl sites for hydroxylation is 1. The summed E-state index contributed by atoms with van der Waals surface area (Å²) >= 11 is 0. The summed E-state index contributed by atoms with van der Waals surface area (Å²) in [5, 5.41) is 7.33. The molecule has 2 heterocycles. The molecule has 1 aromatic heterocycles. The molecule has 4 N–H and O–H groups in total. The van der Waals surface area contributed by atoms with Crippen LogP contribution in [0.15, 0.2) is 85.1 Å². The maximum absolute atomic E-state index is 14.0. The SMILES string of the molecule is CCN(CC)c1ccc(NC(=O)c2cccc(C(=O)N(C)CCN(C)CCOCCOCCOCCNC(=O)C3CCOCC3)c2)c(-c2cc(C(=O)N(N)[C@H]3CCCc4ccccc43)ccn2)c1. The molecule has 6 rings (SSSR count). The molecule has 0 radical (unpaired) electrons. The van der Waals surface area contributed by atoms with E-state index in [0.29, 0.717) is 113 Å². The van der Waals surface area contributed by atoms with Crippen LogP contribution in [0.4, 0.5) is 11.4 Å². The topological polar surface area (TPSA) is 181 Å². The van der Waals surface area contributed by atoms with Gasteiger partial charge in [-0.25, -0.2) is 5.84 Å². The third-order valence-electron chi connectivity index (χ3n) is 12.6. The van der Waals surface area contributed by atoms with Crippen molar-refractivity contribution < 1.29 is 38.1 Å². The zero-order valence-corrected chi connectivity index (χ0v) is 40.3. The van der Waals surface area contributed by atoms with Crippen LogP contribution < -0.4 is 21.4 Å². The van der Waals surface area contributed by atoms with E-state index in [9.17, 15) is 19.2 Å². The van der Waals surface area contributed by atoms with Gasteiger partial charge in [0.1, 0.15) is 0 Å². The number of carbonyl (C=O) groups excluding carboxylic acids is 4. The largest absolute Gasteiger partial charge is 0.381 e. The Kier molecular flexibility index (Phi) is 20.3. The second-order valence-corrected chi connectivity index (χ2v) is 17.2. The zero-order valence-electron chi connectivity index (χ0n) is 40.3. The molecule has 2 aliphatic rings. The second-order valence-electron chi connectivity index (χ2n) is 17.2. The Labute approximate surface area is 401 Å². The van der Waals surface area contributed by atoms with Crippen LogP contribution in [0, 0.1) is 5.92 Å². The molecule has 0 saturated carbocycles. The van der Waals surface area contributed by atoms with E-state index in [1.165, 1.54) is 10.6 Å². The monoisotopic (exact) mass is 935 g/mol. The summed E-state index contributed by atoms with van der Waals surface area (Å²) in [6.45, 7) is 12.0. The van der Waals surface area contributed by atoms with Crippen LogP contribution >= 0.6 is 0 Å². The minimum Gasteiger partial charge on any atom is -0.381 e. The van der Waals surface area contributed by atoms with Crippen LogP contribution in [-0.2, 0) is 30.2 Å². The molecule has 68 heavy (non-hydrogen) atoms. The summed E-state index contributed by atoms with van der Waals surface area (Å²) in [4.78, 5) is 64.3. The summed E-state index contributed by atoms with van der Waals surface area (Å²) < 4.78 is 22.2. The van der Waals surface area contributed by atoms with Gasteiger partial charge >= 0.3 is 0 Å². The summed E-state index contributed by atoms with van der Waals surface area (Å²) in [7, 11) is 3.72. The van der Waals surface area contributed by atoms with Crippen molar-refractivity contribution >= 4 is 35.0 Å². The number of rotatable bonds is 25. The maximum atomic E-state index is 14.0. The zero-order chi connectivity index (χ0) is 48.3. The first kappa shape index (κ1) is 51.6. The van der Waals surface area contributed by atoms with Gasteiger partial charge in [-0.1, -0.05) is 30.3 Å². The number of ether oxygens (including phenoxy) is 4. The van der Waals surface area contributed by atoms with Gasteiger partial charge in [0.2, 0.25) is 5.91 Å². The summed E-state index contributed by atoms with van der Waals surface area (Å²) in [6.07, 6.45) is 5.80. The van der Waals surface area contributed by atoms with Gasteiger partial charge in [-0.2, -0.15) is 0 Å². The smallest absolute Gasteiger partial charge is 0.268 e. The van der Waals surface area contributed by atoms with Gasteiger partial charge in [-0.05, 0) is 113 Å². The standard InChI is InChI=1S/C52H70N8O8/c1-5-59(6-2)43-17-18-46(45(37-43)47-36-42(19-22-54-47)52(64)60(53)48-16-10-12-38-11-7-8-15-44(38)48)56-50(62)40-13-9-14-41(35-40)51(63)58(4)25-24-57(3)26-30-67-32-34-68-33-31-66-29-23-55-49(61)39-20-27-65-28-21-39/h7-9,11,13-15,17-19,22,35-37,39,48H,5-6,10,12,16,20-21,23-34,53H2,1-4H3,(H,55,61)(H,56,62)/t48-/m0/s1. The maximum Gasteiger partial charge on any atom is 0.268 e. The van der Waals surface area contributed by atoms with Gasteiger partial charge in [0, 0.05) is 99.6 Å². The first-order valence-corrected chi connectivity index (χ1v) is 24.0. The lowest BCUT2D eigenvalue weighted by Gasteiger charge is -2.32. The van der Waals surface area contributed by atoms with E-state index in [1.54, 1.807) is 54.5 Å². The number of amides is 4. The van der Waals surface area contributed by atoms with Crippen LogP contribution in [0.2, 0.25) is 0 Å². The molecule has 1 saturated heterocycles. The fourth-order valence-corrected chi connectivity index (χ4v) is 8.51. The number of nitrogens with two attached hydrogens (primary N) is 1. The van der Waals surface area contributed by atoms with Crippen molar-refractivity contribution in [2.24, 2.45) is 11.8 Å². The van der Waals surface area contributed by atoms with Crippen LogP contribution in [0.25, 0.3) is 11.3 Å². The van der Waals surface area contributed by atoms with E-state index in [1.807, 2.05) is 43.4 Å². The number of likely N-dealkylation sites (N-methyl/N-ethyl adjacent to an activating group) is 2. The van der Waals surface area contributed by atoms with Crippen molar-refractivity contribution in [2.75, 3.05) is 116 Å². The summed E-state index contributed by atoms with van der Waals surface area (Å²) in [5.74, 6) is 5.78. The minimum atomic E-state index is -0.391. The van der Waals surface area contributed by atoms with Gasteiger partial charge in [0.05, 0.1) is 57.1 Å². The Bertz CT molecular complexity index is 2270. The predicted molar refractivity (Wildman–Crippen MR) is 264 cm³/mol. The number of aromatic nitrogens is 1. The van der Waals surface area contributed by atoms with E-state index in [2.05, 4.69) is 45.3 Å². The van der Waals surface area contributed by atoms with Crippen molar-refractivity contribution in [2.45, 2.75) is 52.0 Å². The highest BCUT2D eigenvalue weighted by Crippen LogP contribution is 2.35. The molecular weight excluding hydrogens is 865 g/mol. The lowest BCUT2D eigenvalue weighted by atomic mass is 9.87.